The Bertz CT molecular complexity index is 1830. The van der Waals surface area contributed by atoms with Gasteiger partial charge < -0.3 is 10.2 Å². The van der Waals surface area contributed by atoms with Crippen LogP contribution in [0.4, 0.5) is 0 Å². The van der Waals surface area contributed by atoms with Gasteiger partial charge in [0.1, 0.15) is 22.5 Å². The predicted octanol–water partition coefficient (Wildman–Crippen LogP) is 10.2. The van der Waals surface area contributed by atoms with E-state index in [1.807, 2.05) is 45.8 Å². The molecule has 0 atom stereocenters. The minimum absolute atomic E-state index is 0.204. The highest BCUT2D eigenvalue weighted by Crippen LogP contribution is 2.34. The van der Waals surface area contributed by atoms with Crippen molar-refractivity contribution in [3.8, 4) is 33.8 Å². The molecule has 2 heterocycles. The molecule has 49 heavy (non-hydrogen) atoms. The van der Waals surface area contributed by atoms with Crippen LogP contribution in [-0.4, -0.2) is 40.2 Å². The minimum Gasteiger partial charge on any atom is -0.508 e. The molecule has 0 bridgehead atoms. The Balaban J connectivity index is 1.18. The van der Waals surface area contributed by atoms with Crippen LogP contribution in [-0.2, 0) is 19.5 Å². The molecule has 0 saturated carbocycles. The number of phenols is 2. The fourth-order valence-electron chi connectivity index (χ4n) is 6.72. The number of nitrogens with zero attached hydrogens (tertiary/aromatic N) is 6. The monoisotopic (exact) mass is 658 g/mol. The van der Waals surface area contributed by atoms with Crippen molar-refractivity contribution in [1.82, 2.24) is 30.0 Å². The van der Waals surface area contributed by atoms with Gasteiger partial charge in [0.25, 0.3) is 0 Å². The lowest BCUT2D eigenvalue weighted by atomic mass is 9.95. The zero-order valence-electron chi connectivity index (χ0n) is 29.1. The number of hydrogen-bond donors (Lipinski definition) is 2. The van der Waals surface area contributed by atoms with E-state index in [-0.39, 0.29) is 11.5 Å². The standard InChI is InChI=1S/C41H50N6O2/c1-3-5-7-9-11-13-23-46-38-28-32(15-19-36(38)42-44-46)30-17-21-40(48)34(25-30)27-35-26-31(18-22-41(35)49)33-16-20-37-39(29-33)47(45-43-37)24-14-12-10-8-6-4-2/h15-22,25-26,28-29,48-49H,3-14,23-24,27H2,1-2H3. The molecule has 0 saturated heterocycles. The lowest BCUT2D eigenvalue weighted by Gasteiger charge is -2.12. The molecule has 2 aromatic heterocycles. The van der Waals surface area contributed by atoms with E-state index in [1.54, 1.807) is 12.1 Å². The molecule has 8 heteroatoms. The van der Waals surface area contributed by atoms with Gasteiger partial charge in [0.15, 0.2) is 0 Å². The van der Waals surface area contributed by atoms with E-state index in [2.05, 4.69) is 58.7 Å². The number of rotatable bonds is 18. The maximum absolute atomic E-state index is 10.9. The second-order valence-corrected chi connectivity index (χ2v) is 13.4. The van der Waals surface area contributed by atoms with Gasteiger partial charge >= 0.3 is 0 Å². The van der Waals surface area contributed by atoms with Gasteiger partial charge in [-0.1, -0.05) is 113 Å². The summed E-state index contributed by atoms with van der Waals surface area (Å²) >= 11 is 0. The van der Waals surface area contributed by atoms with Gasteiger partial charge in [-0.05, 0) is 94.8 Å². The molecule has 0 aliphatic rings. The van der Waals surface area contributed by atoms with Crippen molar-refractivity contribution in [2.45, 2.75) is 110 Å². The minimum atomic E-state index is 0.204. The Hall–Kier alpha value is -4.72. The first kappa shape index (κ1) is 34.2. The summed E-state index contributed by atoms with van der Waals surface area (Å²) in [4.78, 5) is 0. The van der Waals surface area contributed by atoms with Crippen LogP contribution in [0.1, 0.15) is 102 Å². The maximum Gasteiger partial charge on any atom is 0.119 e. The third kappa shape index (κ3) is 8.48. The van der Waals surface area contributed by atoms with Crippen LogP contribution in [0, 0.1) is 0 Å². The van der Waals surface area contributed by atoms with Gasteiger partial charge in [0.05, 0.1) is 11.0 Å². The average molecular weight is 659 g/mol. The number of fused-ring (bicyclic) bond motifs is 2. The molecule has 0 unspecified atom stereocenters. The van der Waals surface area contributed by atoms with Crippen molar-refractivity contribution < 1.29 is 10.2 Å². The first-order chi connectivity index (χ1) is 24.0. The van der Waals surface area contributed by atoms with Crippen molar-refractivity contribution >= 4 is 22.1 Å². The Morgan fingerprint density at radius 1 is 0.469 bits per heavy atom. The summed E-state index contributed by atoms with van der Waals surface area (Å²) in [6, 6.07) is 23.8. The maximum atomic E-state index is 10.9. The largest absolute Gasteiger partial charge is 0.508 e. The fraction of sp³-hybridized carbons (Fsp3) is 0.415. The summed E-state index contributed by atoms with van der Waals surface area (Å²) in [5, 5.41) is 39.5. The molecule has 0 spiro atoms. The number of aromatic nitrogens is 6. The van der Waals surface area contributed by atoms with E-state index in [0.717, 1.165) is 81.4 Å². The highest BCUT2D eigenvalue weighted by Gasteiger charge is 2.14. The van der Waals surface area contributed by atoms with E-state index < -0.39 is 0 Å². The topological polar surface area (TPSA) is 102 Å². The molecule has 0 amide bonds. The number of phenolic OH excluding ortho intramolecular Hbond substituents is 2. The van der Waals surface area contributed by atoms with E-state index in [1.165, 1.54) is 64.2 Å². The van der Waals surface area contributed by atoms with E-state index >= 15 is 0 Å². The Morgan fingerprint density at radius 2 is 0.857 bits per heavy atom. The first-order valence-corrected chi connectivity index (χ1v) is 18.3. The third-order valence-electron chi connectivity index (χ3n) is 9.68. The van der Waals surface area contributed by atoms with Gasteiger partial charge in [0.2, 0.25) is 0 Å². The molecule has 0 fully saturated rings. The Labute approximate surface area is 289 Å². The zero-order chi connectivity index (χ0) is 34.0. The molecule has 2 N–H and O–H groups in total. The Kier molecular flexibility index (Phi) is 11.6. The van der Waals surface area contributed by atoms with Crippen molar-refractivity contribution in [1.29, 1.82) is 0 Å². The second-order valence-electron chi connectivity index (χ2n) is 13.4. The average Bonchev–Trinajstić information content (AvgIpc) is 3.72. The lowest BCUT2D eigenvalue weighted by molar-refractivity contribution is 0.463. The molecule has 0 aliphatic carbocycles. The number of hydrogen-bond acceptors (Lipinski definition) is 6. The van der Waals surface area contributed by atoms with E-state index in [0.29, 0.717) is 6.42 Å². The molecule has 0 radical (unpaired) electrons. The number of unbranched alkanes of at least 4 members (excludes halogenated alkanes) is 10. The molecular weight excluding hydrogens is 608 g/mol. The molecule has 8 nitrogen and oxygen atoms in total. The van der Waals surface area contributed by atoms with Gasteiger partial charge in [-0.25, -0.2) is 9.36 Å². The van der Waals surface area contributed by atoms with Crippen LogP contribution in [0.15, 0.2) is 72.8 Å². The molecule has 6 rings (SSSR count). The first-order valence-electron chi connectivity index (χ1n) is 18.3. The second kappa shape index (κ2) is 16.6. The smallest absolute Gasteiger partial charge is 0.119 e. The predicted molar refractivity (Wildman–Crippen MR) is 199 cm³/mol. The quantitative estimate of drug-likeness (QED) is 0.0891. The van der Waals surface area contributed by atoms with Gasteiger partial charge in [0, 0.05) is 19.5 Å². The molecule has 0 aliphatic heterocycles. The SMILES string of the molecule is CCCCCCCCn1nnc2ccc(-c3ccc(O)c(Cc4cc(-c5ccc6nnn(CCCCCCCC)c6c5)ccc4O)c3)cc21. The van der Waals surface area contributed by atoms with Gasteiger partial charge in [-0.15, -0.1) is 10.2 Å². The van der Waals surface area contributed by atoms with E-state index in [9.17, 15) is 10.2 Å². The van der Waals surface area contributed by atoms with Crippen LogP contribution >= 0.6 is 0 Å². The van der Waals surface area contributed by atoms with Crippen molar-refractivity contribution in [2.75, 3.05) is 0 Å². The normalized spacial score (nSPS) is 11.6. The number of benzene rings is 4. The number of aromatic hydroxyl groups is 2. The highest BCUT2D eigenvalue weighted by molar-refractivity contribution is 5.83. The Morgan fingerprint density at radius 3 is 1.31 bits per heavy atom. The fourth-order valence-corrected chi connectivity index (χ4v) is 6.72. The summed E-state index contributed by atoms with van der Waals surface area (Å²) in [7, 11) is 0. The molecule has 4 aromatic carbocycles. The van der Waals surface area contributed by atoms with Gasteiger partial charge in [-0.2, -0.15) is 0 Å². The van der Waals surface area contributed by atoms with Crippen LogP contribution in [0.5, 0.6) is 11.5 Å². The van der Waals surface area contributed by atoms with Crippen LogP contribution in [0.25, 0.3) is 44.3 Å². The van der Waals surface area contributed by atoms with Crippen LogP contribution in [0.3, 0.4) is 0 Å². The van der Waals surface area contributed by atoms with E-state index in [4.69, 9.17) is 0 Å². The molecule has 6 aromatic rings. The molecule has 256 valence electrons. The van der Waals surface area contributed by atoms with Crippen LogP contribution < -0.4 is 0 Å². The van der Waals surface area contributed by atoms with Crippen molar-refractivity contribution in [3.05, 3.63) is 83.9 Å². The lowest BCUT2D eigenvalue weighted by Crippen LogP contribution is -2.00. The van der Waals surface area contributed by atoms with Crippen molar-refractivity contribution in [3.63, 3.8) is 0 Å². The van der Waals surface area contributed by atoms with Crippen molar-refractivity contribution in [2.24, 2.45) is 0 Å². The summed E-state index contributed by atoms with van der Waals surface area (Å²) in [6.45, 7) is 6.19. The van der Waals surface area contributed by atoms with Crippen LogP contribution in [0.2, 0.25) is 0 Å². The third-order valence-corrected chi connectivity index (χ3v) is 9.68. The summed E-state index contributed by atoms with van der Waals surface area (Å²) in [5.41, 5.74) is 9.38. The summed E-state index contributed by atoms with van der Waals surface area (Å²) < 4.78 is 4.02. The zero-order valence-corrected chi connectivity index (χ0v) is 29.1. The number of aryl methyl sites for hydroxylation is 2. The highest BCUT2D eigenvalue weighted by atomic mass is 16.3. The van der Waals surface area contributed by atoms with Gasteiger partial charge in [-0.3, -0.25) is 0 Å². The summed E-state index contributed by atoms with van der Waals surface area (Å²) in [5.74, 6) is 0.408. The summed E-state index contributed by atoms with van der Waals surface area (Å²) in [6.07, 6.45) is 15.2. The molecular formula is C41H50N6O2.